The molecule has 12 nitrogen and oxygen atoms in total. The monoisotopic (exact) mass is 564 g/mol. The highest BCUT2D eigenvalue weighted by Gasteiger charge is 2.39. The van der Waals surface area contributed by atoms with Crippen LogP contribution in [0, 0.1) is 0 Å². The van der Waals surface area contributed by atoms with Crippen LogP contribution in [-0.4, -0.2) is 55.5 Å². The van der Waals surface area contributed by atoms with E-state index in [1.54, 1.807) is 49.0 Å². The van der Waals surface area contributed by atoms with E-state index in [-0.39, 0.29) is 18.6 Å². The van der Waals surface area contributed by atoms with Crippen LogP contribution in [0.15, 0.2) is 36.9 Å². The van der Waals surface area contributed by atoms with E-state index < -0.39 is 25.4 Å². The molecular formula is C24H32ClN7O5P+. The molecule has 2 atom stereocenters. The molecule has 0 aliphatic heterocycles. The highest BCUT2D eigenvalue weighted by molar-refractivity contribution is 7.42. The molecule has 204 valence electrons. The van der Waals surface area contributed by atoms with Gasteiger partial charge in [-0.25, -0.2) is 19.7 Å². The Morgan fingerprint density at radius 3 is 2.53 bits per heavy atom. The number of nitrogens with one attached hydrogen (secondary N) is 1. The van der Waals surface area contributed by atoms with Gasteiger partial charge in [-0.15, -0.1) is 0 Å². The number of amides is 1. The van der Waals surface area contributed by atoms with Crippen molar-refractivity contribution in [2.45, 2.75) is 64.3 Å². The van der Waals surface area contributed by atoms with Gasteiger partial charge >= 0.3 is 13.9 Å². The normalized spacial score (nSPS) is 14.7. The zero-order valence-corrected chi connectivity index (χ0v) is 23.1. The molecule has 2 heterocycles. The number of esters is 1. The molecule has 0 spiro atoms. The van der Waals surface area contributed by atoms with Gasteiger partial charge in [0, 0.05) is 10.6 Å². The summed E-state index contributed by atoms with van der Waals surface area (Å²) in [6.07, 6.45) is 5.59. The maximum absolute atomic E-state index is 12.3. The van der Waals surface area contributed by atoms with E-state index in [1.165, 1.54) is 6.33 Å². The third kappa shape index (κ3) is 8.16. The predicted molar refractivity (Wildman–Crippen MR) is 144 cm³/mol. The smallest absolute Gasteiger partial charge is 0.461 e. The van der Waals surface area contributed by atoms with Crippen LogP contribution in [-0.2, 0) is 25.4 Å². The third-order valence-electron chi connectivity index (χ3n) is 5.73. The first-order chi connectivity index (χ1) is 18.0. The summed E-state index contributed by atoms with van der Waals surface area (Å²) in [5.41, 5.74) is 11.4. The quantitative estimate of drug-likeness (QED) is 0.244. The van der Waals surface area contributed by atoms with Crippen LogP contribution in [0.25, 0.3) is 11.2 Å². The van der Waals surface area contributed by atoms with Crippen molar-refractivity contribution in [3.63, 3.8) is 0 Å². The maximum Gasteiger partial charge on any atom is 0.461 e. The zero-order valence-electron chi connectivity index (χ0n) is 21.5. The number of nitrogen functional groups attached to an aromatic ring is 1. The fourth-order valence-corrected chi connectivity index (χ4v) is 4.64. The molecule has 1 aliphatic rings. The van der Waals surface area contributed by atoms with E-state index in [2.05, 4.69) is 20.0 Å². The molecule has 0 saturated heterocycles. The highest BCUT2D eigenvalue weighted by Crippen LogP contribution is 2.27. The summed E-state index contributed by atoms with van der Waals surface area (Å²) in [7, 11) is -1.94. The van der Waals surface area contributed by atoms with Gasteiger partial charge in [0.05, 0.1) is 19.0 Å². The number of anilines is 1. The number of nitrogens with two attached hydrogens (primary N) is 2. The number of benzene rings is 1. The molecule has 4 rings (SSSR count). The fourth-order valence-electron chi connectivity index (χ4n) is 3.35. The van der Waals surface area contributed by atoms with E-state index >= 15 is 0 Å². The van der Waals surface area contributed by atoms with E-state index in [9.17, 15) is 14.2 Å². The molecule has 5 N–H and O–H groups in total. The Morgan fingerprint density at radius 1 is 1.24 bits per heavy atom. The number of fused-ring (bicyclic) bond motifs is 1. The van der Waals surface area contributed by atoms with E-state index in [0.717, 1.165) is 19.3 Å². The first-order valence-electron chi connectivity index (χ1n) is 12.0. The molecule has 0 bridgehead atoms. The molecule has 0 radical (unpaired) electrons. The van der Waals surface area contributed by atoms with E-state index in [1.807, 2.05) is 6.92 Å². The number of nitrogens with zero attached hydrogens (tertiary/aromatic N) is 4. The third-order valence-corrected chi connectivity index (χ3v) is 7.17. The Hall–Kier alpha value is -3.18. The summed E-state index contributed by atoms with van der Waals surface area (Å²) in [6.45, 7) is 5.64. The second-order valence-corrected chi connectivity index (χ2v) is 11.1. The Kier molecular flexibility index (Phi) is 10.1. The molecule has 38 heavy (non-hydrogen) atoms. The van der Waals surface area contributed by atoms with E-state index in [4.69, 9.17) is 32.5 Å². The van der Waals surface area contributed by atoms with Crippen molar-refractivity contribution in [2.24, 2.45) is 5.73 Å². The zero-order chi connectivity index (χ0) is 27.9. The van der Waals surface area contributed by atoms with Gasteiger partial charge in [-0.3, -0.25) is 4.79 Å². The number of halogens is 1. The van der Waals surface area contributed by atoms with Crippen molar-refractivity contribution in [3.05, 3.63) is 47.5 Å². The summed E-state index contributed by atoms with van der Waals surface area (Å²) in [6, 6.07) is 6.43. The summed E-state index contributed by atoms with van der Waals surface area (Å²) in [4.78, 5) is 35.0. The largest absolute Gasteiger partial charge is 0.461 e. The first-order valence-corrected chi connectivity index (χ1v) is 13.8. The number of primary amides is 1. The molecule has 1 fully saturated rings. The molecule has 2 aromatic heterocycles. The summed E-state index contributed by atoms with van der Waals surface area (Å²) in [5.74, 6) is -0.506. The lowest BCUT2D eigenvalue weighted by molar-refractivity contribution is -0.158. The van der Waals surface area contributed by atoms with Gasteiger partial charge in [-0.2, -0.15) is 0 Å². The number of carbonyl (C=O) groups excluding carboxylic acids is 2. The minimum absolute atomic E-state index is 0.00873. The van der Waals surface area contributed by atoms with Crippen LogP contribution in [0.4, 0.5) is 5.82 Å². The topological polar surface area (TPSA) is 177 Å². The molecule has 1 aromatic carbocycles. The average molecular weight is 565 g/mol. The molecule has 1 saturated carbocycles. The molecular weight excluding hydrogens is 533 g/mol. The van der Waals surface area contributed by atoms with Gasteiger partial charge in [0.15, 0.2) is 17.0 Å². The molecule has 1 amide bonds. The van der Waals surface area contributed by atoms with Crippen molar-refractivity contribution in [3.8, 4) is 0 Å². The summed E-state index contributed by atoms with van der Waals surface area (Å²) >= 11 is 5.56. The van der Waals surface area contributed by atoms with Crippen molar-refractivity contribution >= 4 is 48.4 Å². The van der Waals surface area contributed by atoms with Crippen LogP contribution < -0.4 is 16.6 Å². The highest BCUT2D eigenvalue weighted by atomic mass is 35.5. The van der Waals surface area contributed by atoms with Gasteiger partial charge in [0.25, 0.3) is 6.35 Å². The van der Waals surface area contributed by atoms with Crippen LogP contribution >= 0.6 is 19.6 Å². The van der Waals surface area contributed by atoms with Gasteiger partial charge in [0.1, 0.15) is 17.9 Å². The number of hydrogen-bond acceptors (Lipinski definition) is 9. The van der Waals surface area contributed by atoms with Gasteiger partial charge in [-0.05, 0) is 68.9 Å². The SMILES string of the molecule is CC(Cn1cnc2c(N)ncnc21)OC[P+](=O)NC(C)(C)C(=O)OC1CCC1.NC(=O)c1ccc(Cl)cc1. The Balaban J connectivity index is 0.000000336. The number of ether oxygens (including phenoxy) is 2. The first kappa shape index (κ1) is 29.4. The molecule has 2 unspecified atom stereocenters. The number of hydrogen-bond donors (Lipinski definition) is 3. The van der Waals surface area contributed by atoms with Crippen LogP contribution in [0.1, 0.15) is 50.4 Å². The van der Waals surface area contributed by atoms with Crippen molar-refractivity contribution in [1.29, 1.82) is 0 Å². The molecule has 3 aromatic rings. The van der Waals surface area contributed by atoms with Gasteiger partial charge < -0.3 is 25.5 Å². The lowest BCUT2D eigenvalue weighted by Crippen LogP contribution is -2.46. The summed E-state index contributed by atoms with van der Waals surface area (Å²) < 4.78 is 25.2. The molecule has 14 heteroatoms. The van der Waals surface area contributed by atoms with Crippen LogP contribution in [0.2, 0.25) is 5.02 Å². The van der Waals surface area contributed by atoms with Gasteiger partial charge in [0.2, 0.25) is 5.91 Å². The van der Waals surface area contributed by atoms with E-state index in [0.29, 0.717) is 34.1 Å². The maximum atomic E-state index is 12.3. The number of carbonyl (C=O) groups is 2. The summed E-state index contributed by atoms with van der Waals surface area (Å²) in [5, 5.41) is 3.42. The number of rotatable bonds is 10. The Labute approximate surface area is 226 Å². The fraction of sp³-hybridized carbons (Fsp3) is 0.458. The lowest BCUT2D eigenvalue weighted by Gasteiger charge is -2.28. The minimum Gasteiger partial charge on any atom is -0.461 e. The number of aromatic nitrogens is 4. The van der Waals surface area contributed by atoms with Gasteiger partial charge in [-0.1, -0.05) is 16.7 Å². The van der Waals surface area contributed by atoms with Crippen LogP contribution in [0.5, 0.6) is 0 Å². The van der Waals surface area contributed by atoms with Crippen LogP contribution in [0.3, 0.4) is 0 Å². The van der Waals surface area contributed by atoms with Crippen molar-refractivity contribution in [2.75, 3.05) is 12.1 Å². The lowest BCUT2D eigenvalue weighted by atomic mass is 9.96. The van der Waals surface area contributed by atoms with Crippen molar-refractivity contribution < 1.29 is 23.6 Å². The second kappa shape index (κ2) is 13.1. The second-order valence-electron chi connectivity index (χ2n) is 9.38. The Morgan fingerprint density at radius 2 is 1.92 bits per heavy atom. The minimum atomic E-state index is -1.94. The predicted octanol–water partition coefficient (Wildman–Crippen LogP) is 3.42. The average Bonchev–Trinajstić information content (AvgIpc) is 3.24. The standard InChI is InChI=1S/C17H26N6O4P.C7H6ClNO/c1-11(7-23-9-21-13-14(18)19-8-20-15(13)23)26-10-28(25)22-17(2,3)16(24)27-12-5-4-6-12;8-6-3-1-5(2-4-6)7(9)10/h8-9,11-12H,4-7,10H2,1-3H3,(H,22,25)(H2,18,19,20);1-4H,(H2,9,10)/q+1;. The number of imidazole rings is 1. The van der Waals surface area contributed by atoms with Crippen molar-refractivity contribution in [1.82, 2.24) is 24.6 Å². The Bertz CT molecular complexity index is 1280. The molecule has 1 aliphatic carbocycles.